The van der Waals surface area contributed by atoms with Crippen LogP contribution in [0, 0.1) is 11.7 Å². The zero-order valence-electron chi connectivity index (χ0n) is 10.5. The van der Waals surface area contributed by atoms with E-state index in [-0.39, 0.29) is 17.5 Å². The van der Waals surface area contributed by atoms with Crippen LogP contribution in [0.3, 0.4) is 0 Å². The Balaban J connectivity index is 2.12. The second-order valence-corrected chi connectivity index (χ2v) is 4.49. The molecule has 0 spiro atoms. The summed E-state index contributed by atoms with van der Waals surface area (Å²) in [7, 11) is 0. The fourth-order valence-corrected chi connectivity index (χ4v) is 2.24. The Kier molecular flexibility index (Phi) is 4.31. The van der Waals surface area contributed by atoms with Crippen molar-refractivity contribution in [2.75, 3.05) is 19.7 Å². The number of halogens is 1. The van der Waals surface area contributed by atoms with Gasteiger partial charge in [0.25, 0.3) is 0 Å². The van der Waals surface area contributed by atoms with Crippen molar-refractivity contribution < 1.29 is 13.9 Å². The molecular weight excluding hydrogens is 233 g/mol. The molecule has 0 radical (unpaired) electrons. The van der Waals surface area contributed by atoms with Gasteiger partial charge in [-0.1, -0.05) is 0 Å². The number of benzene rings is 1. The number of piperidine rings is 1. The molecule has 4 heteroatoms. The van der Waals surface area contributed by atoms with Crippen molar-refractivity contribution in [2.45, 2.75) is 19.8 Å². The normalized spacial score (nSPS) is 19.6. The first kappa shape index (κ1) is 13.0. The van der Waals surface area contributed by atoms with Gasteiger partial charge in [-0.25, -0.2) is 4.39 Å². The lowest BCUT2D eigenvalue weighted by Crippen LogP contribution is -2.34. The van der Waals surface area contributed by atoms with Crippen LogP contribution in [-0.4, -0.2) is 25.5 Å². The van der Waals surface area contributed by atoms with Crippen LogP contribution in [0.2, 0.25) is 0 Å². The van der Waals surface area contributed by atoms with Gasteiger partial charge in [0.15, 0.2) is 17.3 Å². The highest BCUT2D eigenvalue weighted by Gasteiger charge is 2.22. The second kappa shape index (κ2) is 5.96. The van der Waals surface area contributed by atoms with E-state index in [0.717, 1.165) is 19.4 Å². The zero-order valence-corrected chi connectivity index (χ0v) is 10.5. The van der Waals surface area contributed by atoms with Gasteiger partial charge in [0.2, 0.25) is 0 Å². The van der Waals surface area contributed by atoms with Gasteiger partial charge in [-0.15, -0.1) is 0 Å². The van der Waals surface area contributed by atoms with Crippen molar-refractivity contribution in [3.63, 3.8) is 0 Å². The molecule has 1 aliphatic rings. The summed E-state index contributed by atoms with van der Waals surface area (Å²) >= 11 is 0. The van der Waals surface area contributed by atoms with Gasteiger partial charge in [0.1, 0.15) is 0 Å². The van der Waals surface area contributed by atoms with Crippen LogP contribution in [0.15, 0.2) is 18.2 Å². The first-order valence-corrected chi connectivity index (χ1v) is 6.39. The first-order valence-electron chi connectivity index (χ1n) is 6.39. The molecule has 2 rings (SSSR count). The molecule has 1 aromatic carbocycles. The van der Waals surface area contributed by atoms with Gasteiger partial charge >= 0.3 is 0 Å². The van der Waals surface area contributed by atoms with Gasteiger partial charge in [-0.05, 0) is 44.5 Å². The number of nitrogens with one attached hydrogen (secondary N) is 1. The van der Waals surface area contributed by atoms with E-state index in [2.05, 4.69) is 5.32 Å². The summed E-state index contributed by atoms with van der Waals surface area (Å²) in [5, 5.41) is 3.19. The maximum absolute atomic E-state index is 13.7. The van der Waals surface area contributed by atoms with Crippen LogP contribution in [0.1, 0.15) is 30.1 Å². The highest BCUT2D eigenvalue weighted by Crippen LogP contribution is 2.22. The number of ketones is 1. The molecule has 3 nitrogen and oxygen atoms in total. The van der Waals surface area contributed by atoms with Crippen LogP contribution >= 0.6 is 0 Å². The molecule has 0 aromatic heterocycles. The monoisotopic (exact) mass is 251 g/mol. The largest absolute Gasteiger partial charge is 0.491 e. The number of carbonyl (C=O) groups is 1. The maximum atomic E-state index is 13.7. The molecule has 1 atom stereocenters. The highest BCUT2D eigenvalue weighted by molar-refractivity contribution is 5.98. The number of hydrogen-bond acceptors (Lipinski definition) is 3. The molecule has 0 amide bonds. The summed E-state index contributed by atoms with van der Waals surface area (Å²) in [5.41, 5.74) is 0.435. The summed E-state index contributed by atoms with van der Waals surface area (Å²) in [5.74, 6) is -0.275. The molecule has 98 valence electrons. The molecule has 1 unspecified atom stereocenters. The Hall–Kier alpha value is -1.42. The fraction of sp³-hybridized carbons (Fsp3) is 0.500. The van der Waals surface area contributed by atoms with Crippen molar-refractivity contribution in [2.24, 2.45) is 5.92 Å². The molecule has 1 saturated heterocycles. The van der Waals surface area contributed by atoms with Gasteiger partial charge in [0, 0.05) is 18.0 Å². The topological polar surface area (TPSA) is 38.3 Å². The van der Waals surface area contributed by atoms with Gasteiger partial charge in [-0.2, -0.15) is 0 Å². The third-order valence-electron chi connectivity index (χ3n) is 3.18. The van der Waals surface area contributed by atoms with Crippen molar-refractivity contribution in [3.05, 3.63) is 29.6 Å². The fourth-order valence-electron chi connectivity index (χ4n) is 2.24. The number of ether oxygens (including phenoxy) is 1. The molecule has 18 heavy (non-hydrogen) atoms. The zero-order chi connectivity index (χ0) is 13.0. The summed E-state index contributed by atoms with van der Waals surface area (Å²) in [4.78, 5) is 12.2. The SMILES string of the molecule is CCOc1ccc(C(=O)C2CCCNC2)cc1F. The van der Waals surface area contributed by atoms with Gasteiger partial charge in [-0.3, -0.25) is 4.79 Å². The van der Waals surface area contributed by atoms with E-state index in [9.17, 15) is 9.18 Å². The minimum absolute atomic E-state index is 0.0177. The smallest absolute Gasteiger partial charge is 0.167 e. The van der Waals surface area contributed by atoms with E-state index >= 15 is 0 Å². The first-order chi connectivity index (χ1) is 8.72. The van der Waals surface area contributed by atoms with Crippen LogP contribution in [-0.2, 0) is 0 Å². The quantitative estimate of drug-likeness (QED) is 0.835. The Labute approximate surface area is 106 Å². The van der Waals surface area contributed by atoms with Crippen LogP contribution < -0.4 is 10.1 Å². The Morgan fingerprint density at radius 2 is 2.39 bits per heavy atom. The van der Waals surface area contributed by atoms with Crippen molar-refractivity contribution in [1.82, 2.24) is 5.32 Å². The minimum atomic E-state index is -0.466. The van der Waals surface area contributed by atoms with E-state index in [1.807, 2.05) is 0 Å². The Morgan fingerprint density at radius 3 is 3.00 bits per heavy atom. The second-order valence-electron chi connectivity index (χ2n) is 4.49. The standard InChI is InChI=1S/C14H18FNO2/c1-2-18-13-6-5-10(8-12(13)15)14(17)11-4-3-7-16-9-11/h5-6,8,11,16H,2-4,7,9H2,1H3. The molecule has 1 aliphatic heterocycles. The lowest BCUT2D eigenvalue weighted by atomic mass is 9.91. The third kappa shape index (κ3) is 2.88. The number of hydrogen-bond donors (Lipinski definition) is 1. The molecule has 1 fully saturated rings. The highest BCUT2D eigenvalue weighted by atomic mass is 19.1. The Bertz CT molecular complexity index is 428. The van der Waals surface area contributed by atoms with E-state index in [1.165, 1.54) is 12.1 Å². The summed E-state index contributed by atoms with van der Waals surface area (Å²) in [6.07, 6.45) is 1.87. The van der Waals surface area contributed by atoms with Gasteiger partial charge in [0.05, 0.1) is 6.61 Å². The van der Waals surface area contributed by atoms with Crippen LogP contribution in [0.5, 0.6) is 5.75 Å². The van der Waals surface area contributed by atoms with E-state index in [1.54, 1.807) is 13.0 Å². The average Bonchev–Trinajstić information content (AvgIpc) is 2.41. The molecular formula is C14H18FNO2. The number of Topliss-reactive ketones (excluding diaryl/α,β-unsaturated/α-hetero) is 1. The third-order valence-corrected chi connectivity index (χ3v) is 3.18. The van der Waals surface area contributed by atoms with E-state index < -0.39 is 5.82 Å². The molecule has 1 N–H and O–H groups in total. The lowest BCUT2D eigenvalue weighted by molar-refractivity contribution is 0.0899. The maximum Gasteiger partial charge on any atom is 0.167 e. The number of rotatable bonds is 4. The van der Waals surface area contributed by atoms with Crippen molar-refractivity contribution in [1.29, 1.82) is 0 Å². The summed E-state index contributed by atoms with van der Waals surface area (Å²) < 4.78 is 18.8. The molecule has 0 saturated carbocycles. The summed E-state index contributed by atoms with van der Waals surface area (Å²) in [6.45, 7) is 3.86. The van der Waals surface area contributed by atoms with Crippen LogP contribution in [0.25, 0.3) is 0 Å². The molecule has 1 heterocycles. The minimum Gasteiger partial charge on any atom is -0.491 e. The predicted octanol–water partition coefficient (Wildman–Crippen LogP) is 2.41. The molecule has 0 bridgehead atoms. The predicted molar refractivity (Wildman–Crippen MR) is 67.5 cm³/mol. The van der Waals surface area contributed by atoms with E-state index in [4.69, 9.17) is 4.74 Å². The molecule has 1 aromatic rings. The average molecular weight is 251 g/mol. The number of carbonyl (C=O) groups excluding carboxylic acids is 1. The molecule has 0 aliphatic carbocycles. The van der Waals surface area contributed by atoms with Crippen molar-refractivity contribution in [3.8, 4) is 5.75 Å². The van der Waals surface area contributed by atoms with Gasteiger partial charge < -0.3 is 10.1 Å². The van der Waals surface area contributed by atoms with Crippen molar-refractivity contribution >= 4 is 5.78 Å². The van der Waals surface area contributed by atoms with Crippen LogP contribution in [0.4, 0.5) is 4.39 Å². The Morgan fingerprint density at radius 1 is 1.56 bits per heavy atom. The lowest BCUT2D eigenvalue weighted by Gasteiger charge is -2.21. The summed E-state index contributed by atoms with van der Waals surface area (Å²) in [6, 6.07) is 4.45. The van der Waals surface area contributed by atoms with E-state index in [0.29, 0.717) is 18.7 Å².